The van der Waals surface area contributed by atoms with Crippen LogP contribution in [0.25, 0.3) is 5.95 Å². The summed E-state index contributed by atoms with van der Waals surface area (Å²) in [5.41, 5.74) is 2.41. The Labute approximate surface area is 124 Å². The van der Waals surface area contributed by atoms with Crippen molar-refractivity contribution in [1.29, 1.82) is 0 Å². The molecule has 0 amide bonds. The summed E-state index contributed by atoms with van der Waals surface area (Å²) in [6.45, 7) is 1.98. The molecule has 0 spiro atoms. The van der Waals surface area contributed by atoms with E-state index < -0.39 is 10.8 Å². The number of hydrogen-bond donors (Lipinski definition) is 3. The lowest BCUT2D eigenvalue weighted by Gasteiger charge is -2.14. The number of hydrogen-bond acceptors (Lipinski definition) is 8. The van der Waals surface area contributed by atoms with Crippen LogP contribution in [0.3, 0.4) is 0 Å². The van der Waals surface area contributed by atoms with Crippen LogP contribution in [-0.4, -0.2) is 46.8 Å². The van der Waals surface area contributed by atoms with Crippen molar-refractivity contribution in [2.75, 3.05) is 22.8 Å². The SMILES string of the molecule is CC(CCS(C)=O)Nc1nc(NN)nc(-n2ccnc2)n1. The number of nitrogen functional groups attached to an aromatic ring is 1. The van der Waals surface area contributed by atoms with Gasteiger partial charge in [0.2, 0.25) is 17.8 Å². The van der Waals surface area contributed by atoms with Gasteiger partial charge in [0.1, 0.15) is 6.33 Å². The number of hydrazine groups is 1. The van der Waals surface area contributed by atoms with E-state index in [4.69, 9.17) is 5.84 Å². The van der Waals surface area contributed by atoms with Gasteiger partial charge in [0.05, 0.1) is 0 Å². The molecule has 0 bridgehead atoms. The van der Waals surface area contributed by atoms with Gasteiger partial charge < -0.3 is 5.32 Å². The Balaban J connectivity index is 2.15. The van der Waals surface area contributed by atoms with Gasteiger partial charge in [-0.25, -0.2) is 10.8 Å². The van der Waals surface area contributed by atoms with E-state index in [1.54, 1.807) is 29.5 Å². The van der Waals surface area contributed by atoms with Gasteiger partial charge in [0.25, 0.3) is 0 Å². The lowest BCUT2D eigenvalue weighted by Crippen LogP contribution is -2.21. The Morgan fingerprint density at radius 2 is 2.14 bits per heavy atom. The van der Waals surface area contributed by atoms with E-state index in [2.05, 4.69) is 30.7 Å². The lowest BCUT2D eigenvalue weighted by atomic mass is 10.3. The average molecular weight is 310 g/mol. The topological polar surface area (TPSA) is 124 Å². The Bertz CT molecular complexity index is 602. The summed E-state index contributed by atoms with van der Waals surface area (Å²) in [6.07, 6.45) is 7.38. The van der Waals surface area contributed by atoms with Crippen molar-refractivity contribution >= 4 is 22.7 Å². The van der Waals surface area contributed by atoms with Crippen LogP contribution >= 0.6 is 0 Å². The second-order valence-electron chi connectivity index (χ2n) is 4.51. The van der Waals surface area contributed by atoms with Crippen molar-refractivity contribution in [1.82, 2.24) is 24.5 Å². The van der Waals surface area contributed by atoms with Gasteiger partial charge in [-0.3, -0.25) is 14.2 Å². The average Bonchev–Trinajstić information content (AvgIpc) is 2.99. The number of nitrogens with two attached hydrogens (primary N) is 1. The maximum atomic E-state index is 11.1. The molecule has 0 saturated heterocycles. The van der Waals surface area contributed by atoms with Crippen LogP contribution in [0.4, 0.5) is 11.9 Å². The first-order valence-electron chi connectivity index (χ1n) is 6.36. The standard InChI is InChI=1S/C11H18N8OS/c1-8(3-6-21(2)20)14-9-15-10(18-12)17-11(16-9)19-5-4-13-7-19/h4-5,7-8H,3,6,12H2,1-2H3,(H2,14,15,16,17,18). The minimum atomic E-state index is -0.817. The third kappa shape index (κ3) is 4.46. The first kappa shape index (κ1) is 15.3. The zero-order valence-corrected chi connectivity index (χ0v) is 12.7. The van der Waals surface area contributed by atoms with Crippen LogP contribution in [0.2, 0.25) is 0 Å². The third-order valence-electron chi connectivity index (χ3n) is 2.70. The van der Waals surface area contributed by atoms with Gasteiger partial charge in [-0.2, -0.15) is 15.0 Å². The third-order valence-corrected chi connectivity index (χ3v) is 3.51. The van der Waals surface area contributed by atoms with Gasteiger partial charge in [-0.1, -0.05) is 0 Å². The highest BCUT2D eigenvalue weighted by molar-refractivity contribution is 7.84. The largest absolute Gasteiger partial charge is 0.352 e. The molecule has 114 valence electrons. The van der Waals surface area contributed by atoms with E-state index in [-0.39, 0.29) is 12.0 Å². The molecule has 2 unspecified atom stereocenters. The molecule has 0 aromatic carbocycles. The summed E-state index contributed by atoms with van der Waals surface area (Å²) in [4.78, 5) is 16.6. The van der Waals surface area contributed by atoms with Crippen LogP contribution in [0.1, 0.15) is 13.3 Å². The zero-order valence-electron chi connectivity index (χ0n) is 11.9. The monoisotopic (exact) mass is 310 g/mol. The summed E-state index contributed by atoms with van der Waals surface area (Å²) in [6, 6.07) is 0.0811. The molecular weight excluding hydrogens is 292 g/mol. The summed E-state index contributed by atoms with van der Waals surface area (Å²) in [7, 11) is -0.817. The first-order valence-corrected chi connectivity index (χ1v) is 8.09. The molecule has 2 atom stereocenters. The van der Waals surface area contributed by atoms with E-state index in [0.29, 0.717) is 17.6 Å². The molecule has 0 aliphatic carbocycles. The van der Waals surface area contributed by atoms with Crippen LogP contribution < -0.4 is 16.6 Å². The van der Waals surface area contributed by atoms with Crippen molar-refractivity contribution in [2.45, 2.75) is 19.4 Å². The maximum absolute atomic E-state index is 11.1. The summed E-state index contributed by atoms with van der Waals surface area (Å²) in [5, 5.41) is 3.15. The number of rotatable bonds is 7. The van der Waals surface area contributed by atoms with Gasteiger partial charge in [-0.05, 0) is 13.3 Å². The van der Waals surface area contributed by atoms with Crippen molar-refractivity contribution in [3.63, 3.8) is 0 Å². The van der Waals surface area contributed by atoms with Gasteiger partial charge >= 0.3 is 0 Å². The summed E-state index contributed by atoms with van der Waals surface area (Å²) < 4.78 is 12.8. The van der Waals surface area contributed by atoms with Gasteiger partial charge in [0.15, 0.2) is 0 Å². The van der Waals surface area contributed by atoms with Crippen LogP contribution in [0.5, 0.6) is 0 Å². The fraction of sp³-hybridized carbons (Fsp3) is 0.455. The van der Waals surface area contributed by atoms with E-state index in [1.807, 2.05) is 6.92 Å². The molecule has 0 saturated carbocycles. The maximum Gasteiger partial charge on any atom is 0.243 e. The zero-order chi connectivity index (χ0) is 15.2. The minimum Gasteiger partial charge on any atom is -0.352 e. The quantitative estimate of drug-likeness (QED) is 0.479. The fourth-order valence-corrected chi connectivity index (χ4v) is 2.31. The Hall–Kier alpha value is -2.07. The second kappa shape index (κ2) is 7.09. The van der Waals surface area contributed by atoms with E-state index in [9.17, 15) is 4.21 Å². The molecule has 2 rings (SSSR count). The molecule has 2 heterocycles. The van der Waals surface area contributed by atoms with Gasteiger partial charge in [0, 0.05) is 41.2 Å². The number of aromatic nitrogens is 5. The molecule has 10 heteroatoms. The number of nitrogens with zero attached hydrogens (tertiary/aromatic N) is 5. The Kier molecular flexibility index (Phi) is 5.17. The summed E-state index contributed by atoms with van der Waals surface area (Å²) >= 11 is 0. The Morgan fingerprint density at radius 1 is 1.38 bits per heavy atom. The second-order valence-corrected chi connectivity index (χ2v) is 6.06. The highest BCUT2D eigenvalue weighted by Crippen LogP contribution is 2.10. The van der Waals surface area contributed by atoms with Crippen molar-refractivity contribution in [3.8, 4) is 5.95 Å². The van der Waals surface area contributed by atoms with Crippen molar-refractivity contribution in [3.05, 3.63) is 18.7 Å². The van der Waals surface area contributed by atoms with E-state index in [0.717, 1.165) is 6.42 Å². The molecule has 2 aromatic heterocycles. The first-order chi connectivity index (χ1) is 10.1. The molecule has 21 heavy (non-hydrogen) atoms. The lowest BCUT2D eigenvalue weighted by molar-refractivity contribution is 0.677. The molecular formula is C11H18N8OS. The minimum absolute atomic E-state index is 0.0811. The molecule has 4 N–H and O–H groups in total. The predicted octanol–water partition coefficient (Wildman–Crippen LogP) is -0.0881. The van der Waals surface area contributed by atoms with Crippen molar-refractivity contribution < 1.29 is 4.21 Å². The highest BCUT2D eigenvalue weighted by Gasteiger charge is 2.10. The van der Waals surface area contributed by atoms with Crippen LogP contribution in [0, 0.1) is 0 Å². The number of anilines is 2. The number of imidazole rings is 1. The van der Waals surface area contributed by atoms with Gasteiger partial charge in [-0.15, -0.1) is 0 Å². The summed E-state index contributed by atoms with van der Waals surface area (Å²) in [5.74, 6) is 7.05. The molecule has 9 nitrogen and oxygen atoms in total. The van der Waals surface area contributed by atoms with E-state index >= 15 is 0 Å². The normalized spacial score (nSPS) is 13.7. The highest BCUT2D eigenvalue weighted by atomic mass is 32.2. The van der Waals surface area contributed by atoms with E-state index in [1.165, 1.54) is 0 Å². The molecule has 0 fully saturated rings. The molecule has 0 radical (unpaired) electrons. The molecule has 0 aliphatic rings. The Morgan fingerprint density at radius 3 is 2.76 bits per heavy atom. The molecule has 2 aromatic rings. The fourth-order valence-electron chi connectivity index (χ4n) is 1.62. The number of nitrogens with one attached hydrogen (secondary N) is 2. The van der Waals surface area contributed by atoms with Crippen LogP contribution in [0.15, 0.2) is 18.7 Å². The van der Waals surface area contributed by atoms with Crippen LogP contribution in [-0.2, 0) is 10.8 Å². The predicted molar refractivity (Wildman–Crippen MR) is 81.4 cm³/mol. The molecule has 0 aliphatic heterocycles. The smallest absolute Gasteiger partial charge is 0.243 e. The van der Waals surface area contributed by atoms with Crippen molar-refractivity contribution in [2.24, 2.45) is 5.84 Å².